The fourth-order valence-corrected chi connectivity index (χ4v) is 2.31. The molecule has 0 spiro atoms. The van der Waals surface area contributed by atoms with Gasteiger partial charge in [0, 0.05) is 18.2 Å². The first-order valence-corrected chi connectivity index (χ1v) is 7.14. The van der Waals surface area contributed by atoms with Gasteiger partial charge in [-0.25, -0.2) is 0 Å². The molecule has 1 aromatic carbocycles. The largest absolute Gasteiger partial charge is 0.478 e. The number of benzene rings is 1. The van der Waals surface area contributed by atoms with E-state index in [1.54, 1.807) is 0 Å². The van der Waals surface area contributed by atoms with Gasteiger partial charge in [-0.3, -0.25) is 0 Å². The lowest BCUT2D eigenvalue weighted by Crippen LogP contribution is -2.28. The summed E-state index contributed by atoms with van der Waals surface area (Å²) in [5.41, 5.74) is 1.13. The normalized spacial score (nSPS) is 15.8. The van der Waals surface area contributed by atoms with Gasteiger partial charge >= 0.3 is 0 Å². The minimum atomic E-state index is 0.107. The minimum absolute atomic E-state index is 0.107. The predicted octanol–water partition coefficient (Wildman–Crippen LogP) is 3.26. The molecular formula is C16H22N2O. The Hall–Kier alpha value is -1.53. The molecule has 3 nitrogen and oxygen atoms in total. The number of hydrogen-bond acceptors (Lipinski definition) is 3. The Bertz CT molecular complexity index is 435. The Balaban J connectivity index is 1.88. The van der Waals surface area contributed by atoms with E-state index in [4.69, 9.17) is 10.00 Å². The Morgan fingerprint density at radius 2 is 2.21 bits per heavy atom. The van der Waals surface area contributed by atoms with Gasteiger partial charge in [-0.05, 0) is 24.8 Å². The smallest absolute Gasteiger partial charge is 0.174 e. The Kier molecular flexibility index (Phi) is 5.23. The van der Waals surface area contributed by atoms with Crippen LogP contribution >= 0.6 is 0 Å². The zero-order valence-corrected chi connectivity index (χ0v) is 11.6. The highest BCUT2D eigenvalue weighted by atomic mass is 16.5. The summed E-state index contributed by atoms with van der Waals surface area (Å²) in [5, 5.41) is 12.2. The molecule has 1 aliphatic carbocycles. The van der Waals surface area contributed by atoms with Crippen LogP contribution in [-0.4, -0.2) is 12.6 Å². The molecule has 102 valence electrons. The molecule has 3 heteroatoms. The number of rotatable bonds is 8. The predicted molar refractivity (Wildman–Crippen MR) is 75.8 cm³/mol. The molecule has 1 unspecified atom stereocenters. The number of para-hydroxylation sites is 1. The second-order valence-corrected chi connectivity index (χ2v) is 5.22. The first-order valence-electron chi connectivity index (χ1n) is 7.14. The van der Waals surface area contributed by atoms with Crippen LogP contribution in [0.2, 0.25) is 0 Å². The van der Waals surface area contributed by atoms with Crippen LogP contribution in [0.25, 0.3) is 0 Å². The van der Waals surface area contributed by atoms with Crippen molar-refractivity contribution in [2.45, 2.75) is 45.2 Å². The van der Waals surface area contributed by atoms with Crippen molar-refractivity contribution in [3.05, 3.63) is 29.8 Å². The maximum absolute atomic E-state index is 8.59. The zero-order valence-electron chi connectivity index (χ0n) is 11.6. The second-order valence-electron chi connectivity index (χ2n) is 5.22. The van der Waals surface area contributed by atoms with Gasteiger partial charge in [0.25, 0.3) is 0 Å². The third kappa shape index (κ3) is 4.57. The molecule has 0 bridgehead atoms. The quantitative estimate of drug-likeness (QED) is 0.778. The van der Waals surface area contributed by atoms with Crippen molar-refractivity contribution in [2.24, 2.45) is 5.92 Å². The third-order valence-corrected chi connectivity index (χ3v) is 3.65. The molecule has 0 saturated heterocycles. The molecule has 2 rings (SSSR count). The summed E-state index contributed by atoms with van der Waals surface area (Å²) in [6, 6.07) is 10.5. The molecule has 0 radical (unpaired) electrons. The van der Waals surface area contributed by atoms with Gasteiger partial charge in [0.1, 0.15) is 11.8 Å². The van der Waals surface area contributed by atoms with Crippen LogP contribution in [0, 0.1) is 17.2 Å². The van der Waals surface area contributed by atoms with Crippen LogP contribution in [0.1, 0.15) is 38.2 Å². The average molecular weight is 258 g/mol. The summed E-state index contributed by atoms with van der Waals surface area (Å²) in [5.74, 6) is 1.76. The fourth-order valence-electron chi connectivity index (χ4n) is 2.31. The third-order valence-electron chi connectivity index (χ3n) is 3.65. The minimum Gasteiger partial charge on any atom is -0.478 e. The second kappa shape index (κ2) is 7.16. The van der Waals surface area contributed by atoms with E-state index in [1.165, 1.54) is 19.3 Å². The molecule has 1 atom stereocenters. The summed E-state index contributed by atoms with van der Waals surface area (Å²) in [6.45, 7) is 3.15. The van der Waals surface area contributed by atoms with Crippen LogP contribution in [-0.2, 0) is 6.54 Å². The first kappa shape index (κ1) is 13.9. The lowest BCUT2D eigenvalue weighted by atomic mass is 10.1. The van der Waals surface area contributed by atoms with Gasteiger partial charge in [-0.15, -0.1) is 0 Å². The van der Waals surface area contributed by atoms with E-state index in [9.17, 15) is 0 Å². The van der Waals surface area contributed by atoms with E-state index in [2.05, 4.69) is 18.3 Å². The van der Waals surface area contributed by atoms with Gasteiger partial charge < -0.3 is 10.1 Å². The summed E-state index contributed by atoms with van der Waals surface area (Å²) in [7, 11) is 0. The topological polar surface area (TPSA) is 45.0 Å². The van der Waals surface area contributed by atoms with Gasteiger partial charge in [0.15, 0.2) is 6.61 Å². The maximum Gasteiger partial charge on any atom is 0.174 e. The maximum atomic E-state index is 8.59. The van der Waals surface area contributed by atoms with E-state index >= 15 is 0 Å². The fraction of sp³-hybridized carbons (Fsp3) is 0.562. The lowest BCUT2D eigenvalue weighted by Gasteiger charge is -2.18. The summed E-state index contributed by atoms with van der Waals surface area (Å²) in [6.07, 6.45) is 5.26. The lowest BCUT2D eigenvalue weighted by molar-refractivity contribution is 0.359. The molecule has 1 N–H and O–H groups in total. The average Bonchev–Trinajstić information content (AvgIpc) is 3.26. The SMILES string of the molecule is CCC(CC1CC1)NCc1ccccc1OCC#N. The number of ether oxygens (including phenoxy) is 1. The van der Waals surface area contributed by atoms with Crippen molar-refractivity contribution >= 4 is 0 Å². The van der Waals surface area contributed by atoms with Gasteiger partial charge in [-0.1, -0.05) is 38.0 Å². The molecule has 0 aromatic heterocycles. The highest BCUT2D eigenvalue weighted by Gasteiger charge is 2.24. The number of nitrogens with zero attached hydrogens (tertiary/aromatic N) is 1. The van der Waals surface area contributed by atoms with Crippen molar-refractivity contribution in [1.82, 2.24) is 5.32 Å². The van der Waals surface area contributed by atoms with Crippen LogP contribution in [0.3, 0.4) is 0 Å². The van der Waals surface area contributed by atoms with Crippen LogP contribution < -0.4 is 10.1 Å². The van der Waals surface area contributed by atoms with Crippen LogP contribution in [0.4, 0.5) is 0 Å². The molecule has 0 aliphatic heterocycles. The Morgan fingerprint density at radius 3 is 2.89 bits per heavy atom. The number of nitrogens with one attached hydrogen (secondary N) is 1. The van der Waals surface area contributed by atoms with E-state index in [0.717, 1.165) is 30.2 Å². The molecule has 1 saturated carbocycles. The van der Waals surface area contributed by atoms with Gasteiger partial charge in [0.2, 0.25) is 0 Å². The van der Waals surface area contributed by atoms with Crippen molar-refractivity contribution in [1.29, 1.82) is 5.26 Å². The standard InChI is InChI=1S/C16H22N2O/c1-2-15(11-13-7-8-13)18-12-14-5-3-4-6-16(14)19-10-9-17/h3-6,13,15,18H,2,7-8,10-12H2,1H3. The van der Waals surface area contributed by atoms with Crippen molar-refractivity contribution < 1.29 is 4.74 Å². The number of nitriles is 1. The first-order chi connectivity index (χ1) is 9.33. The Labute approximate surface area is 115 Å². The van der Waals surface area contributed by atoms with Crippen molar-refractivity contribution in [2.75, 3.05) is 6.61 Å². The van der Waals surface area contributed by atoms with E-state index < -0.39 is 0 Å². The monoisotopic (exact) mass is 258 g/mol. The van der Waals surface area contributed by atoms with E-state index in [-0.39, 0.29) is 6.61 Å². The van der Waals surface area contributed by atoms with Gasteiger partial charge in [0.05, 0.1) is 0 Å². The molecule has 1 aliphatic rings. The summed E-state index contributed by atoms with van der Waals surface area (Å²) >= 11 is 0. The summed E-state index contributed by atoms with van der Waals surface area (Å²) < 4.78 is 5.44. The molecule has 0 heterocycles. The highest BCUT2D eigenvalue weighted by molar-refractivity contribution is 5.33. The van der Waals surface area contributed by atoms with Crippen molar-refractivity contribution in [3.8, 4) is 11.8 Å². The molecule has 0 amide bonds. The van der Waals surface area contributed by atoms with Gasteiger partial charge in [-0.2, -0.15) is 5.26 Å². The molecule has 19 heavy (non-hydrogen) atoms. The number of hydrogen-bond donors (Lipinski definition) is 1. The molecule has 1 aromatic rings. The highest BCUT2D eigenvalue weighted by Crippen LogP contribution is 2.34. The van der Waals surface area contributed by atoms with Crippen LogP contribution in [0.5, 0.6) is 5.75 Å². The van der Waals surface area contributed by atoms with Crippen molar-refractivity contribution in [3.63, 3.8) is 0 Å². The zero-order chi connectivity index (χ0) is 13.5. The van der Waals surface area contributed by atoms with Crippen LogP contribution in [0.15, 0.2) is 24.3 Å². The molecule has 1 fully saturated rings. The summed E-state index contributed by atoms with van der Waals surface area (Å²) in [4.78, 5) is 0. The van der Waals surface area contributed by atoms with E-state index in [1.807, 2.05) is 24.3 Å². The molecular weight excluding hydrogens is 236 g/mol. The van der Waals surface area contributed by atoms with E-state index in [0.29, 0.717) is 6.04 Å². The Morgan fingerprint density at radius 1 is 1.42 bits per heavy atom.